The van der Waals surface area contributed by atoms with Gasteiger partial charge >= 0.3 is 0 Å². The van der Waals surface area contributed by atoms with Crippen molar-refractivity contribution in [2.75, 3.05) is 6.54 Å². The summed E-state index contributed by atoms with van der Waals surface area (Å²) in [6.07, 6.45) is 2.33. The molecule has 3 unspecified atom stereocenters. The molecule has 0 radical (unpaired) electrons. The minimum atomic E-state index is -0.500. The van der Waals surface area contributed by atoms with Gasteiger partial charge in [-0.3, -0.25) is 14.5 Å². The van der Waals surface area contributed by atoms with Crippen LogP contribution < -0.4 is 5.32 Å². The quantitative estimate of drug-likeness (QED) is 0.759. The predicted molar refractivity (Wildman–Crippen MR) is 69.9 cm³/mol. The zero-order valence-electron chi connectivity index (χ0n) is 11.8. The van der Waals surface area contributed by atoms with E-state index in [1.807, 2.05) is 20.8 Å². The molecule has 4 heteroatoms. The zero-order chi connectivity index (χ0) is 13.5. The second-order valence-corrected chi connectivity index (χ2v) is 6.36. The summed E-state index contributed by atoms with van der Waals surface area (Å²) in [5, 5.41) is 3.36. The molecule has 102 valence electrons. The highest BCUT2D eigenvalue weighted by Crippen LogP contribution is 2.40. The molecule has 0 saturated carbocycles. The Balaban J connectivity index is 2.15. The lowest BCUT2D eigenvalue weighted by atomic mass is 9.78. The molecule has 0 aliphatic carbocycles. The Kier molecular flexibility index (Phi) is 3.49. The lowest BCUT2D eigenvalue weighted by molar-refractivity contribution is -0.145. The SMILES string of the molecule is CC1CCC(N2C(=O)CC(C)(C(C)C)C2=O)CN1. The molecule has 2 aliphatic heterocycles. The first-order valence-corrected chi connectivity index (χ1v) is 6.96. The van der Waals surface area contributed by atoms with Crippen molar-refractivity contribution in [3.05, 3.63) is 0 Å². The fraction of sp³-hybridized carbons (Fsp3) is 0.857. The third-order valence-corrected chi connectivity index (χ3v) is 4.77. The molecule has 4 nitrogen and oxygen atoms in total. The topological polar surface area (TPSA) is 49.4 Å². The van der Waals surface area contributed by atoms with Crippen LogP contribution in [0, 0.1) is 11.3 Å². The molecule has 0 aromatic heterocycles. The van der Waals surface area contributed by atoms with Gasteiger partial charge < -0.3 is 5.32 Å². The van der Waals surface area contributed by atoms with Crippen LogP contribution in [0.2, 0.25) is 0 Å². The minimum absolute atomic E-state index is 0.0116. The summed E-state index contributed by atoms with van der Waals surface area (Å²) in [4.78, 5) is 26.2. The Morgan fingerprint density at radius 1 is 1.33 bits per heavy atom. The average Bonchev–Trinajstić information content (AvgIpc) is 2.53. The molecule has 0 aromatic rings. The van der Waals surface area contributed by atoms with Crippen molar-refractivity contribution < 1.29 is 9.59 Å². The molecule has 3 atom stereocenters. The van der Waals surface area contributed by atoms with Gasteiger partial charge in [0.25, 0.3) is 0 Å². The highest BCUT2D eigenvalue weighted by Gasteiger charge is 2.52. The Hall–Kier alpha value is -0.900. The van der Waals surface area contributed by atoms with E-state index in [0.29, 0.717) is 12.5 Å². The number of imide groups is 1. The number of hydrogen-bond acceptors (Lipinski definition) is 3. The Bertz CT molecular complexity index is 359. The first kappa shape index (κ1) is 13.5. The van der Waals surface area contributed by atoms with E-state index in [-0.39, 0.29) is 23.8 Å². The molecule has 0 aromatic carbocycles. The molecule has 2 heterocycles. The molecule has 2 fully saturated rings. The Labute approximate surface area is 109 Å². The van der Waals surface area contributed by atoms with E-state index in [1.165, 1.54) is 0 Å². The maximum Gasteiger partial charge on any atom is 0.236 e. The van der Waals surface area contributed by atoms with Gasteiger partial charge in [-0.05, 0) is 32.6 Å². The third-order valence-electron chi connectivity index (χ3n) is 4.77. The zero-order valence-corrected chi connectivity index (χ0v) is 11.8. The fourth-order valence-corrected chi connectivity index (χ4v) is 2.89. The summed E-state index contributed by atoms with van der Waals surface area (Å²) in [6, 6.07) is 0.548. The van der Waals surface area contributed by atoms with Crippen molar-refractivity contribution >= 4 is 11.8 Å². The number of likely N-dealkylation sites (tertiary alicyclic amines) is 1. The van der Waals surface area contributed by atoms with Crippen LogP contribution in [0.25, 0.3) is 0 Å². The highest BCUT2D eigenvalue weighted by molar-refractivity contribution is 6.06. The van der Waals surface area contributed by atoms with Crippen LogP contribution >= 0.6 is 0 Å². The molecule has 0 spiro atoms. The molecule has 2 aliphatic rings. The number of carbonyl (C=O) groups excluding carboxylic acids is 2. The number of rotatable bonds is 2. The van der Waals surface area contributed by atoms with Crippen LogP contribution in [0.5, 0.6) is 0 Å². The Morgan fingerprint density at radius 2 is 2.00 bits per heavy atom. The van der Waals surface area contributed by atoms with Crippen LogP contribution in [0.1, 0.15) is 47.0 Å². The van der Waals surface area contributed by atoms with Gasteiger partial charge in [-0.25, -0.2) is 0 Å². The summed E-state index contributed by atoms with van der Waals surface area (Å²) in [6.45, 7) is 8.86. The maximum atomic E-state index is 12.5. The molecule has 0 bridgehead atoms. The Morgan fingerprint density at radius 3 is 2.44 bits per heavy atom. The van der Waals surface area contributed by atoms with Gasteiger partial charge in [-0.15, -0.1) is 0 Å². The lowest BCUT2D eigenvalue weighted by Crippen LogP contribution is -2.52. The second kappa shape index (κ2) is 4.65. The van der Waals surface area contributed by atoms with E-state index in [0.717, 1.165) is 19.4 Å². The molecule has 1 N–H and O–H groups in total. The van der Waals surface area contributed by atoms with Crippen molar-refractivity contribution in [1.29, 1.82) is 0 Å². The van der Waals surface area contributed by atoms with Crippen molar-refractivity contribution in [3.63, 3.8) is 0 Å². The fourth-order valence-electron chi connectivity index (χ4n) is 2.89. The molecule has 2 amide bonds. The van der Waals surface area contributed by atoms with Crippen LogP contribution in [-0.4, -0.2) is 35.3 Å². The van der Waals surface area contributed by atoms with Gasteiger partial charge in [0.2, 0.25) is 11.8 Å². The molecular weight excluding hydrogens is 228 g/mol. The summed E-state index contributed by atoms with van der Waals surface area (Å²) in [7, 11) is 0. The van der Waals surface area contributed by atoms with Gasteiger partial charge in [0.1, 0.15) is 0 Å². The van der Waals surface area contributed by atoms with Crippen molar-refractivity contribution in [1.82, 2.24) is 10.2 Å². The summed E-state index contributed by atoms with van der Waals surface area (Å²) in [5.41, 5.74) is -0.500. The van der Waals surface area contributed by atoms with Crippen LogP contribution in [0.3, 0.4) is 0 Å². The van der Waals surface area contributed by atoms with E-state index in [1.54, 1.807) is 4.90 Å². The van der Waals surface area contributed by atoms with E-state index >= 15 is 0 Å². The van der Waals surface area contributed by atoms with E-state index in [2.05, 4.69) is 12.2 Å². The minimum Gasteiger partial charge on any atom is -0.312 e. The second-order valence-electron chi connectivity index (χ2n) is 6.36. The first-order chi connectivity index (χ1) is 8.36. The average molecular weight is 252 g/mol. The van der Waals surface area contributed by atoms with Crippen LogP contribution in [0.4, 0.5) is 0 Å². The smallest absolute Gasteiger partial charge is 0.236 e. The summed E-state index contributed by atoms with van der Waals surface area (Å²) < 4.78 is 0. The lowest BCUT2D eigenvalue weighted by Gasteiger charge is -2.34. The number of nitrogens with zero attached hydrogens (tertiary/aromatic N) is 1. The van der Waals surface area contributed by atoms with Crippen LogP contribution in [0.15, 0.2) is 0 Å². The number of piperidine rings is 1. The van der Waals surface area contributed by atoms with Crippen molar-refractivity contribution in [2.45, 2.75) is 59.0 Å². The monoisotopic (exact) mass is 252 g/mol. The molecule has 18 heavy (non-hydrogen) atoms. The number of hydrogen-bond donors (Lipinski definition) is 1. The van der Waals surface area contributed by atoms with Gasteiger partial charge in [0.05, 0.1) is 11.5 Å². The summed E-state index contributed by atoms with van der Waals surface area (Å²) in [5.74, 6) is 0.246. The van der Waals surface area contributed by atoms with Gasteiger partial charge in [-0.1, -0.05) is 13.8 Å². The van der Waals surface area contributed by atoms with Crippen molar-refractivity contribution in [3.8, 4) is 0 Å². The maximum absolute atomic E-state index is 12.5. The molecule has 2 rings (SSSR count). The summed E-state index contributed by atoms with van der Waals surface area (Å²) >= 11 is 0. The van der Waals surface area contributed by atoms with E-state index < -0.39 is 5.41 Å². The third kappa shape index (κ3) is 2.07. The molecular formula is C14H24N2O2. The normalized spacial score (nSPS) is 37.7. The van der Waals surface area contributed by atoms with Gasteiger partial charge in [-0.2, -0.15) is 0 Å². The van der Waals surface area contributed by atoms with Gasteiger partial charge in [0, 0.05) is 19.0 Å². The highest BCUT2D eigenvalue weighted by atomic mass is 16.2. The predicted octanol–water partition coefficient (Wildman–Crippen LogP) is 1.55. The first-order valence-electron chi connectivity index (χ1n) is 6.96. The van der Waals surface area contributed by atoms with Crippen LogP contribution in [-0.2, 0) is 9.59 Å². The van der Waals surface area contributed by atoms with E-state index in [4.69, 9.17) is 0 Å². The van der Waals surface area contributed by atoms with Crippen molar-refractivity contribution in [2.24, 2.45) is 11.3 Å². The number of carbonyl (C=O) groups is 2. The number of amides is 2. The van der Waals surface area contributed by atoms with E-state index in [9.17, 15) is 9.59 Å². The largest absolute Gasteiger partial charge is 0.312 e. The van der Waals surface area contributed by atoms with Gasteiger partial charge in [0.15, 0.2) is 0 Å². The molecule has 2 saturated heterocycles. The number of nitrogens with one attached hydrogen (secondary N) is 1. The standard InChI is InChI=1S/C14H24N2O2/c1-9(2)14(4)7-12(17)16(13(14)18)11-6-5-10(3)15-8-11/h9-11,15H,5-8H2,1-4H3.